The molecule has 1 atom stereocenters. The number of nitrogens with zero attached hydrogens (tertiary/aromatic N) is 4. The molecule has 0 radical (unpaired) electrons. The van der Waals surface area contributed by atoms with Gasteiger partial charge in [-0.25, -0.2) is 4.98 Å². The molecule has 0 saturated heterocycles. The summed E-state index contributed by atoms with van der Waals surface area (Å²) in [5, 5.41) is 13.6. The monoisotopic (exact) mass is 349 g/mol. The molecule has 0 aliphatic carbocycles. The summed E-state index contributed by atoms with van der Waals surface area (Å²) in [5.74, 6) is -0.317. The summed E-state index contributed by atoms with van der Waals surface area (Å²) >= 11 is 2.76. The minimum atomic E-state index is -0.720. The number of aryl methyl sites for hydroxylation is 2. The highest BCUT2D eigenvalue weighted by Crippen LogP contribution is 2.25. The van der Waals surface area contributed by atoms with Gasteiger partial charge in [0, 0.05) is 16.5 Å². The lowest BCUT2D eigenvalue weighted by Crippen LogP contribution is -2.35. The molecule has 0 aliphatic rings. The molecule has 3 aromatic heterocycles. The molecule has 3 rings (SSSR count). The van der Waals surface area contributed by atoms with E-state index in [1.54, 1.807) is 11.6 Å². The Kier molecular flexibility index (Phi) is 4.22. The van der Waals surface area contributed by atoms with Crippen molar-refractivity contribution < 1.29 is 4.79 Å². The number of amides is 1. The number of carbonyl (C=O) groups excluding carboxylic acids is 1. The molecule has 3 heterocycles. The SMILES string of the molecule is CCC(C(=O)Nc1nccs1)n1nnc2sc(C)c(C)c2c1=O. The van der Waals surface area contributed by atoms with Crippen molar-refractivity contribution in [2.45, 2.75) is 33.2 Å². The average Bonchev–Trinajstić information content (AvgIpc) is 3.11. The summed E-state index contributed by atoms with van der Waals surface area (Å²) in [6.07, 6.45) is 2.04. The first kappa shape index (κ1) is 15.8. The Hall–Kier alpha value is -2.13. The van der Waals surface area contributed by atoms with E-state index >= 15 is 0 Å². The quantitative estimate of drug-likeness (QED) is 0.782. The highest BCUT2D eigenvalue weighted by Gasteiger charge is 2.24. The third kappa shape index (κ3) is 2.77. The number of thiophene rings is 1. The Morgan fingerprint density at radius 3 is 2.87 bits per heavy atom. The standard InChI is InChI=1S/C14H15N5O2S2/c1-4-9(11(20)16-14-15-5-6-22-14)19-13(21)10-7(2)8(3)23-12(10)17-18-19/h5-6,9H,4H2,1-3H3,(H,15,16,20). The summed E-state index contributed by atoms with van der Waals surface area (Å²) in [5.41, 5.74) is 0.617. The molecular weight excluding hydrogens is 334 g/mol. The predicted molar refractivity (Wildman–Crippen MR) is 91.2 cm³/mol. The number of nitrogens with one attached hydrogen (secondary N) is 1. The van der Waals surface area contributed by atoms with Crippen LogP contribution in [0.3, 0.4) is 0 Å². The van der Waals surface area contributed by atoms with Crippen LogP contribution in [0.25, 0.3) is 10.2 Å². The molecule has 23 heavy (non-hydrogen) atoms. The molecule has 120 valence electrons. The second-order valence-electron chi connectivity index (χ2n) is 5.05. The summed E-state index contributed by atoms with van der Waals surface area (Å²) in [6.45, 7) is 5.66. The van der Waals surface area contributed by atoms with Crippen molar-refractivity contribution in [1.82, 2.24) is 20.0 Å². The van der Waals surface area contributed by atoms with E-state index in [0.29, 0.717) is 21.8 Å². The van der Waals surface area contributed by atoms with Gasteiger partial charge in [0.1, 0.15) is 6.04 Å². The fourth-order valence-electron chi connectivity index (χ4n) is 2.32. The Morgan fingerprint density at radius 2 is 2.22 bits per heavy atom. The van der Waals surface area contributed by atoms with E-state index in [9.17, 15) is 9.59 Å². The van der Waals surface area contributed by atoms with Crippen molar-refractivity contribution in [3.05, 3.63) is 32.4 Å². The smallest absolute Gasteiger partial charge is 0.279 e. The van der Waals surface area contributed by atoms with Gasteiger partial charge < -0.3 is 5.32 Å². The lowest BCUT2D eigenvalue weighted by molar-refractivity contribution is -0.119. The number of anilines is 1. The van der Waals surface area contributed by atoms with E-state index in [1.165, 1.54) is 27.4 Å². The Labute approximate surface area is 140 Å². The topological polar surface area (TPSA) is 89.8 Å². The van der Waals surface area contributed by atoms with Crippen LogP contribution in [-0.2, 0) is 4.79 Å². The molecule has 0 aliphatic heterocycles. The first-order chi connectivity index (χ1) is 11.0. The molecule has 0 spiro atoms. The molecule has 7 nitrogen and oxygen atoms in total. The van der Waals surface area contributed by atoms with Gasteiger partial charge in [-0.15, -0.1) is 27.8 Å². The van der Waals surface area contributed by atoms with Gasteiger partial charge in [0.25, 0.3) is 11.5 Å². The van der Waals surface area contributed by atoms with E-state index in [4.69, 9.17) is 0 Å². The number of rotatable bonds is 4. The van der Waals surface area contributed by atoms with Crippen LogP contribution in [-0.4, -0.2) is 25.9 Å². The number of hydrogen-bond acceptors (Lipinski definition) is 7. The fourth-order valence-corrected chi connectivity index (χ4v) is 3.82. The van der Waals surface area contributed by atoms with Crippen LogP contribution >= 0.6 is 22.7 Å². The van der Waals surface area contributed by atoms with Crippen LogP contribution in [0.1, 0.15) is 29.8 Å². The number of aromatic nitrogens is 4. The first-order valence-electron chi connectivity index (χ1n) is 7.08. The predicted octanol–water partition coefficient (Wildman–Crippen LogP) is 2.52. The zero-order valence-corrected chi connectivity index (χ0v) is 14.5. The molecule has 1 N–H and O–H groups in total. The first-order valence-corrected chi connectivity index (χ1v) is 8.78. The molecule has 9 heteroatoms. The van der Waals surface area contributed by atoms with Crippen LogP contribution in [0.4, 0.5) is 5.13 Å². The lowest BCUT2D eigenvalue weighted by atomic mass is 10.2. The van der Waals surface area contributed by atoms with Crippen LogP contribution in [0.2, 0.25) is 0 Å². The van der Waals surface area contributed by atoms with Gasteiger partial charge >= 0.3 is 0 Å². The van der Waals surface area contributed by atoms with Gasteiger partial charge in [0.15, 0.2) is 9.96 Å². The van der Waals surface area contributed by atoms with E-state index < -0.39 is 6.04 Å². The maximum Gasteiger partial charge on any atom is 0.279 e. The van der Waals surface area contributed by atoms with Crippen molar-refractivity contribution in [2.75, 3.05) is 5.32 Å². The highest BCUT2D eigenvalue weighted by atomic mass is 32.1. The number of fused-ring (bicyclic) bond motifs is 1. The molecule has 0 aromatic carbocycles. The summed E-state index contributed by atoms with van der Waals surface area (Å²) < 4.78 is 1.17. The van der Waals surface area contributed by atoms with E-state index in [0.717, 1.165) is 10.4 Å². The second-order valence-corrected chi connectivity index (χ2v) is 7.15. The Balaban J connectivity index is 2.03. The molecule has 0 fully saturated rings. The maximum absolute atomic E-state index is 12.7. The molecule has 0 saturated carbocycles. The van der Waals surface area contributed by atoms with Crippen molar-refractivity contribution in [1.29, 1.82) is 0 Å². The second kappa shape index (κ2) is 6.17. The molecule has 1 amide bonds. The molecule has 0 bridgehead atoms. The zero-order chi connectivity index (χ0) is 16.6. The summed E-state index contributed by atoms with van der Waals surface area (Å²) in [6, 6.07) is -0.720. The van der Waals surface area contributed by atoms with Gasteiger partial charge in [0.05, 0.1) is 5.39 Å². The van der Waals surface area contributed by atoms with Crippen molar-refractivity contribution in [3.63, 3.8) is 0 Å². The van der Waals surface area contributed by atoms with E-state index in [1.807, 2.05) is 20.8 Å². The van der Waals surface area contributed by atoms with Crippen LogP contribution in [0, 0.1) is 13.8 Å². The van der Waals surface area contributed by atoms with Gasteiger partial charge in [-0.3, -0.25) is 9.59 Å². The minimum absolute atomic E-state index is 0.280. The Bertz CT molecular complexity index is 913. The third-order valence-electron chi connectivity index (χ3n) is 3.67. The van der Waals surface area contributed by atoms with Crippen LogP contribution < -0.4 is 10.9 Å². The maximum atomic E-state index is 12.7. The van der Waals surface area contributed by atoms with Gasteiger partial charge in [-0.05, 0) is 25.8 Å². The van der Waals surface area contributed by atoms with Crippen molar-refractivity contribution in [3.8, 4) is 0 Å². The van der Waals surface area contributed by atoms with E-state index in [-0.39, 0.29) is 11.5 Å². The minimum Gasteiger partial charge on any atom is -0.300 e. The molecular formula is C14H15N5O2S2. The average molecular weight is 349 g/mol. The largest absolute Gasteiger partial charge is 0.300 e. The number of carbonyl (C=O) groups is 1. The highest BCUT2D eigenvalue weighted by molar-refractivity contribution is 7.18. The number of hydrogen-bond donors (Lipinski definition) is 1. The lowest BCUT2D eigenvalue weighted by Gasteiger charge is -2.14. The summed E-state index contributed by atoms with van der Waals surface area (Å²) in [4.78, 5) is 30.9. The Morgan fingerprint density at radius 1 is 1.43 bits per heavy atom. The van der Waals surface area contributed by atoms with Crippen molar-refractivity contribution >= 4 is 43.9 Å². The number of thiazole rings is 1. The zero-order valence-electron chi connectivity index (χ0n) is 12.9. The van der Waals surface area contributed by atoms with Crippen LogP contribution in [0.5, 0.6) is 0 Å². The van der Waals surface area contributed by atoms with Crippen molar-refractivity contribution in [2.24, 2.45) is 0 Å². The third-order valence-corrected chi connectivity index (χ3v) is 5.45. The van der Waals surface area contributed by atoms with E-state index in [2.05, 4.69) is 20.6 Å². The molecule has 3 aromatic rings. The summed E-state index contributed by atoms with van der Waals surface area (Å²) in [7, 11) is 0. The van der Waals surface area contributed by atoms with Gasteiger partial charge in [-0.2, -0.15) is 4.68 Å². The van der Waals surface area contributed by atoms with Gasteiger partial charge in [-0.1, -0.05) is 12.1 Å². The fraction of sp³-hybridized carbons (Fsp3) is 0.357. The van der Waals surface area contributed by atoms with Crippen LogP contribution in [0.15, 0.2) is 16.4 Å². The molecule has 1 unspecified atom stereocenters. The van der Waals surface area contributed by atoms with Gasteiger partial charge in [0.2, 0.25) is 0 Å². The normalized spacial score (nSPS) is 12.5.